The van der Waals surface area contributed by atoms with Crippen LogP contribution in [0.5, 0.6) is 0 Å². The highest BCUT2D eigenvalue weighted by Crippen LogP contribution is 2.16. The van der Waals surface area contributed by atoms with Gasteiger partial charge in [0.15, 0.2) is 0 Å². The van der Waals surface area contributed by atoms with Crippen molar-refractivity contribution in [3.63, 3.8) is 0 Å². The van der Waals surface area contributed by atoms with Crippen LogP contribution in [0.1, 0.15) is 46.0 Å². The topological polar surface area (TPSA) is 41.6 Å². The third-order valence-corrected chi connectivity index (χ3v) is 3.42. The van der Waals surface area contributed by atoms with Crippen molar-refractivity contribution in [3.8, 4) is 0 Å². The van der Waals surface area contributed by atoms with E-state index in [1.54, 1.807) is 0 Å². The van der Waals surface area contributed by atoms with Crippen LogP contribution in [0.3, 0.4) is 0 Å². The van der Waals surface area contributed by atoms with Crippen LogP contribution in [-0.2, 0) is 9.53 Å². The molecule has 1 N–H and O–H groups in total. The second kappa shape index (κ2) is 8.54. The summed E-state index contributed by atoms with van der Waals surface area (Å²) in [6.07, 6.45) is 5.05. The highest BCUT2D eigenvalue weighted by Gasteiger charge is 2.19. The van der Waals surface area contributed by atoms with Gasteiger partial charge in [-0.3, -0.25) is 4.79 Å². The maximum absolute atomic E-state index is 12.0. The van der Waals surface area contributed by atoms with Crippen LogP contribution >= 0.6 is 0 Å². The third kappa shape index (κ3) is 7.53. The van der Waals surface area contributed by atoms with Crippen molar-refractivity contribution in [2.45, 2.75) is 58.1 Å². The average molecular weight is 270 g/mol. The molecule has 0 aliphatic carbocycles. The van der Waals surface area contributed by atoms with Crippen molar-refractivity contribution in [2.24, 2.45) is 5.92 Å². The molecule has 1 fully saturated rings. The highest BCUT2D eigenvalue weighted by atomic mass is 16.5. The Morgan fingerprint density at radius 2 is 2.16 bits per heavy atom. The van der Waals surface area contributed by atoms with Gasteiger partial charge in [-0.15, -0.1) is 0 Å². The van der Waals surface area contributed by atoms with Crippen molar-refractivity contribution in [1.29, 1.82) is 0 Å². The van der Waals surface area contributed by atoms with Gasteiger partial charge in [-0.1, -0.05) is 13.8 Å². The molecule has 2 atom stereocenters. The lowest BCUT2D eigenvalue weighted by molar-refractivity contribution is -0.122. The molecule has 0 aromatic rings. The Balaban J connectivity index is 2.28. The van der Waals surface area contributed by atoms with E-state index < -0.39 is 0 Å². The first-order valence-electron chi connectivity index (χ1n) is 7.53. The fourth-order valence-electron chi connectivity index (χ4n) is 2.65. The minimum atomic E-state index is 0.169. The summed E-state index contributed by atoms with van der Waals surface area (Å²) < 4.78 is 5.55. The number of amides is 1. The maximum atomic E-state index is 12.0. The molecule has 0 bridgehead atoms. The Hall–Kier alpha value is -0.610. The van der Waals surface area contributed by atoms with Crippen molar-refractivity contribution < 1.29 is 9.53 Å². The zero-order valence-corrected chi connectivity index (χ0v) is 12.9. The predicted octanol–water partition coefficient (Wildman–Crippen LogP) is 2.04. The van der Waals surface area contributed by atoms with Gasteiger partial charge in [0, 0.05) is 25.6 Å². The summed E-state index contributed by atoms with van der Waals surface area (Å²) in [4.78, 5) is 14.1. The van der Waals surface area contributed by atoms with Crippen molar-refractivity contribution in [1.82, 2.24) is 10.2 Å². The van der Waals surface area contributed by atoms with Crippen LogP contribution < -0.4 is 5.32 Å². The molecule has 1 saturated heterocycles. The van der Waals surface area contributed by atoms with Crippen LogP contribution in [0.15, 0.2) is 0 Å². The van der Waals surface area contributed by atoms with E-state index in [4.69, 9.17) is 4.74 Å². The van der Waals surface area contributed by atoms with Gasteiger partial charge >= 0.3 is 0 Å². The summed E-state index contributed by atoms with van der Waals surface area (Å²) in [7, 11) is 4.09. The van der Waals surface area contributed by atoms with Crippen LogP contribution in [0.4, 0.5) is 0 Å². The zero-order valence-electron chi connectivity index (χ0n) is 12.9. The van der Waals surface area contributed by atoms with E-state index in [0.29, 0.717) is 18.4 Å². The molecule has 0 spiro atoms. The first-order valence-corrected chi connectivity index (χ1v) is 7.53. The molecule has 0 aromatic carbocycles. The molecule has 0 radical (unpaired) electrons. The Morgan fingerprint density at radius 1 is 1.42 bits per heavy atom. The number of ether oxygens (including phenoxy) is 1. The molecule has 2 unspecified atom stereocenters. The molecule has 1 amide bonds. The van der Waals surface area contributed by atoms with Gasteiger partial charge in [0.1, 0.15) is 0 Å². The van der Waals surface area contributed by atoms with Crippen LogP contribution in [0, 0.1) is 5.92 Å². The summed E-state index contributed by atoms with van der Waals surface area (Å²) in [5.41, 5.74) is 0. The molecular formula is C15H30N2O2. The fourth-order valence-corrected chi connectivity index (χ4v) is 2.65. The van der Waals surface area contributed by atoms with Crippen molar-refractivity contribution in [2.75, 3.05) is 27.2 Å². The fraction of sp³-hybridized carbons (Fsp3) is 0.933. The molecule has 4 nitrogen and oxygen atoms in total. The average Bonchev–Trinajstić information content (AvgIpc) is 2.77. The normalized spacial score (nSPS) is 21.1. The van der Waals surface area contributed by atoms with Gasteiger partial charge in [-0.2, -0.15) is 0 Å². The highest BCUT2D eigenvalue weighted by molar-refractivity contribution is 5.76. The van der Waals surface area contributed by atoms with Gasteiger partial charge < -0.3 is 15.0 Å². The number of hydrogen-bond acceptors (Lipinski definition) is 3. The quantitative estimate of drug-likeness (QED) is 0.734. The van der Waals surface area contributed by atoms with E-state index in [9.17, 15) is 4.79 Å². The minimum absolute atomic E-state index is 0.169. The maximum Gasteiger partial charge on any atom is 0.220 e. The smallest absolute Gasteiger partial charge is 0.220 e. The second-order valence-electron chi connectivity index (χ2n) is 6.33. The van der Waals surface area contributed by atoms with E-state index in [0.717, 1.165) is 38.8 Å². The Kier molecular flexibility index (Phi) is 7.39. The first kappa shape index (κ1) is 16.4. The molecule has 1 heterocycles. The summed E-state index contributed by atoms with van der Waals surface area (Å²) >= 11 is 0. The number of nitrogens with zero attached hydrogens (tertiary/aromatic N) is 1. The Morgan fingerprint density at radius 3 is 2.68 bits per heavy atom. The number of hydrogen-bond donors (Lipinski definition) is 1. The zero-order chi connectivity index (χ0) is 14.3. The number of likely N-dealkylation sites (N-methyl/N-ethyl adjacent to an activating group) is 1. The largest absolute Gasteiger partial charge is 0.378 e. The number of rotatable bonds is 8. The van der Waals surface area contributed by atoms with E-state index in [1.165, 1.54) is 0 Å². The number of carbonyl (C=O) groups excluding carboxylic acids is 1. The standard InChI is InChI=1S/C15H30N2O2/c1-12(2)10-13(11-17(3)4)16-15(18)8-7-14-6-5-9-19-14/h12-14H,5-11H2,1-4H3,(H,16,18). The van der Waals surface area contributed by atoms with Gasteiger partial charge in [-0.25, -0.2) is 0 Å². The lowest BCUT2D eigenvalue weighted by Crippen LogP contribution is -2.42. The molecule has 0 saturated carbocycles. The van der Waals surface area contributed by atoms with Gasteiger partial charge in [-0.05, 0) is 45.7 Å². The van der Waals surface area contributed by atoms with Gasteiger partial charge in [0.2, 0.25) is 5.91 Å². The second-order valence-corrected chi connectivity index (χ2v) is 6.33. The minimum Gasteiger partial charge on any atom is -0.378 e. The van der Waals surface area contributed by atoms with E-state index in [-0.39, 0.29) is 11.9 Å². The number of carbonyl (C=O) groups is 1. The van der Waals surface area contributed by atoms with E-state index in [1.807, 2.05) is 14.1 Å². The molecule has 19 heavy (non-hydrogen) atoms. The molecule has 4 heteroatoms. The monoisotopic (exact) mass is 270 g/mol. The van der Waals surface area contributed by atoms with Gasteiger partial charge in [0.25, 0.3) is 0 Å². The summed E-state index contributed by atoms with van der Waals surface area (Å²) in [5.74, 6) is 0.770. The molecule has 112 valence electrons. The summed E-state index contributed by atoms with van der Waals surface area (Å²) in [5, 5.41) is 3.17. The third-order valence-electron chi connectivity index (χ3n) is 3.42. The first-order chi connectivity index (χ1) is 8.97. The van der Waals surface area contributed by atoms with Crippen molar-refractivity contribution in [3.05, 3.63) is 0 Å². The summed E-state index contributed by atoms with van der Waals surface area (Å²) in [6.45, 7) is 6.16. The van der Waals surface area contributed by atoms with Crippen LogP contribution in [0.25, 0.3) is 0 Å². The van der Waals surface area contributed by atoms with E-state index in [2.05, 4.69) is 24.1 Å². The Labute approximate surface area is 117 Å². The number of nitrogens with one attached hydrogen (secondary N) is 1. The molecule has 1 rings (SSSR count). The molecule has 1 aliphatic rings. The summed E-state index contributed by atoms with van der Waals surface area (Å²) in [6, 6.07) is 0.256. The SMILES string of the molecule is CC(C)CC(CN(C)C)NC(=O)CCC1CCCO1. The Bertz CT molecular complexity index is 251. The predicted molar refractivity (Wildman–Crippen MR) is 78.1 cm³/mol. The lowest BCUT2D eigenvalue weighted by Gasteiger charge is -2.24. The molecule has 1 aliphatic heterocycles. The van der Waals surface area contributed by atoms with E-state index >= 15 is 0 Å². The van der Waals surface area contributed by atoms with Crippen LogP contribution in [-0.4, -0.2) is 50.2 Å². The molecular weight excluding hydrogens is 240 g/mol. The lowest BCUT2D eigenvalue weighted by atomic mass is 10.0. The van der Waals surface area contributed by atoms with Gasteiger partial charge in [0.05, 0.1) is 6.10 Å². The van der Waals surface area contributed by atoms with Crippen LogP contribution in [0.2, 0.25) is 0 Å². The van der Waals surface area contributed by atoms with Crippen molar-refractivity contribution >= 4 is 5.91 Å². The molecule has 0 aromatic heterocycles.